The van der Waals surface area contributed by atoms with Crippen molar-refractivity contribution in [1.82, 2.24) is 0 Å². The topological polar surface area (TPSA) is 88.4 Å². The molecule has 1 heterocycles. The molecule has 0 radical (unpaired) electrons. The molecule has 0 bridgehead atoms. The Morgan fingerprint density at radius 3 is 2.39 bits per heavy atom. The molecule has 0 unspecified atom stereocenters. The summed E-state index contributed by atoms with van der Waals surface area (Å²) in [4.78, 5) is 26.0. The zero-order valence-corrected chi connectivity index (χ0v) is 22.9. The van der Waals surface area contributed by atoms with E-state index in [-0.39, 0.29) is 18.3 Å². The van der Waals surface area contributed by atoms with Crippen molar-refractivity contribution in [2.24, 2.45) is 0 Å². The molecule has 2 rings (SSSR count). The van der Waals surface area contributed by atoms with Gasteiger partial charge in [-0.15, -0.1) is 11.3 Å². The summed E-state index contributed by atoms with van der Waals surface area (Å²) in [7, 11) is 0. The van der Waals surface area contributed by atoms with E-state index in [9.17, 15) is 14.9 Å². The molecule has 6 nitrogen and oxygen atoms in total. The molecule has 9 heteroatoms. The minimum Gasteiger partial charge on any atom is -0.489 e. The lowest BCUT2D eigenvalue weighted by atomic mass is 10.1. The van der Waals surface area contributed by atoms with Crippen LogP contribution in [0.15, 0.2) is 17.7 Å². The second-order valence-corrected chi connectivity index (χ2v) is 10.4. The van der Waals surface area contributed by atoms with Crippen molar-refractivity contribution < 1.29 is 19.1 Å². The molecular weight excluding hydrogens is 642 g/mol. The van der Waals surface area contributed by atoms with Crippen molar-refractivity contribution in [1.29, 1.82) is 5.26 Å². The average molecular weight is 664 g/mol. The number of nitrogens with zero attached hydrogens (tertiary/aromatic N) is 1. The van der Waals surface area contributed by atoms with Crippen LogP contribution in [0.3, 0.4) is 0 Å². The smallest absolute Gasteiger partial charge is 0.341 e. The Kier molecular flexibility index (Phi) is 9.32. The van der Waals surface area contributed by atoms with E-state index in [2.05, 4.69) is 50.5 Å². The Morgan fingerprint density at radius 1 is 1.26 bits per heavy atom. The molecule has 1 amide bonds. The number of esters is 1. The lowest BCUT2D eigenvalue weighted by Crippen LogP contribution is -2.16. The van der Waals surface area contributed by atoms with Gasteiger partial charge in [-0.05, 0) is 109 Å². The lowest BCUT2D eigenvalue weighted by Gasteiger charge is -2.14. The van der Waals surface area contributed by atoms with Gasteiger partial charge in [0.05, 0.1) is 25.4 Å². The number of aryl methyl sites for hydroxylation is 1. The second kappa shape index (κ2) is 11.3. The molecule has 1 N–H and O–H groups in total. The highest BCUT2D eigenvalue weighted by Crippen LogP contribution is 2.34. The van der Waals surface area contributed by atoms with Crippen LogP contribution < -0.4 is 10.1 Å². The van der Waals surface area contributed by atoms with Gasteiger partial charge in [-0.1, -0.05) is 0 Å². The van der Waals surface area contributed by atoms with Gasteiger partial charge in [0.15, 0.2) is 0 Å². The third-order valence-electron chi connectivity index (χ3n) is 4.14. The Balaban J connectivity index is 2.36. The van der Waals surface area contributed by atoms with Crippen molar-refractivity contribution in [3.05, 3.63) is 46.4 Å². The lowest BCUT2D eigenvalue weighted by molar-refractivity contribution is -0.112. The van der Waals surface area contributed by atoms with Crippen molar-refractivity contribution in [3.63, 3.8) is 0 Å². The van der Waals surface area contributed by atoms with E-state index < -0.39 is 11.9 Å². The average Bonchev–Trinajstić information content (AvgIpc) is 2.96. The summed E-state index contributed by atoms with van der Waals surface area (Å²) in [6.45, 7) is 9.54. The second-order valence-electron chi connectivity index (χ2n) is 6.81. The summed E-state index contributed by atoms with van der Waals surface area (Å²) >= 11 is 5.63. The maximum absolute atomic E-state index is 12.8. The fourth-order valence-corrected chi connectivity index (χ4v) is 5.78. The van der Waals surface area contributed by atoms with Gasteiger partial charge >= 0.3 is 5.97 Å². The number of ether oxygens (including phenoxy) is 2. The maximum atomic E-state index is 12.8. The van der Waals surface area contributed by atoms with E-state index in [4.69, 9.17) is 9.47 Å². The number of rotatable bonds is 7. The van der Waals surface area contributed by atoms with Crippen LogP contribution in [0.4, 0.5) is 5.00 Å². The first-order chi connectivity index (χ1) is 14.6. The van der Waals surface area contributed by atoms with Crippen molar-refractivity contribution >= 4 is 79.5 Å². The molecule has 1 aromatic carbocycles. The van der Waals surface area contributed by atoms with Crippen LogP contribution in [-0.2, 0) is 9.53 Å². The predicted octanol–water partition coefficient (Wildman–Crippen LogP) is 6.08. The zero-order chi connectivity index (χ0) is 23.3. The van der Waals surface area contributed by atoms with Gasteiger partial charge < -0.3 is 14.8 Å². The fourth-order valence-electron chi connectivity index (χ4n) is 2.66. The molecule has 0 saturated heterocycles. The molecule has 2 aromatic rings. The molecule has 0 aliphatic carbocycles. The van der Waals surface area contributed by atoms with E-state index in [1.807, 2.05) is 39.0 Å². The Bertz CT molecular complexity index is 1060. The molecule has 31 heavy (non-hydrogen) atoms. The summed E-state index contributed by atoms with van der Waals surface area (Å²) in [6.07, 6.45) is 1.56. The molecule has 1 aromatic heterocycles. The largest absolute Gasteiger partial charge is 0.489 e. The van der Waals surface area contributed by atoms with E-state index in [1.54, 1.807) is 13.8 Å². The zero-order valence-electron chi connectivity index (χ0n) is 17.8. The number of hydrogen-bond acceptors (Lipinski definition) is 6. The maximum Gasteiger partial charge on any atom is 0.341 e. The summed E-state index contributed by atoms with van der Waals surface area (Å²) in [5.74, 6) is -0.297. The number of carbonyl (C=O) groups is 2. The third kappa shape index (κ3) is 6.43. The highest BCUT2D eigenvalue weighted by Gasteiger charge is 2.23. The van der Waals surface area contributed by atoms with Crippen LogP contribution in [0.1, 0.15) is 47.1 Å². The first-order valence-electron chi connectivity index (χ1n) is 9.44. The Morgan fingerprint density at radius 2 is 1.87 bits per heavy atom. The van der Waals surface area contributed by atoms with Crippen LogP contribution >= 0.6 is 56.5 Å². The molecule has 0 fully saturated rings. The van der Waals surface area contributed by atoms with Gasteiger partial charge in [0.1, 0.15) is 22.4 Å². The standard InChI is InChI=1S/C22H22I2N2O4S/c1-6-29-22(28)18-12(4)13(5)31-21(18)26-20(27)15(10-25)7-14-8-16(23)19(17(24)9-14)30-11(2)3/h7-9,11H,6H2,1-5H3,(H,26,27)/b15-7+. The monoisotopic (exact) mass is 664 g/mol. The van der Waals surface area contributed by atoms with Crippen LogP contribution in [0.25, 0.3) is 6.08 Å². The fraction of sp³-hybridized carbons (Fsp3) is 0.318. The quantitative estimate of drug-likeness (QED) is 0.168. The first-order valence-corrected chi connectivity index (χ1v) is 12.4. The van der Waals surface area contributed by atoms with Crippen molar-refractivity contribution in [3.8, 4) is 11.8 Å². The number of thiophene rings is 1. The highest BCUT2D eigenvalue weighted by atomic mass is 127. The molecule has 0 aliphatic heterocycles. The van der Waals surface area contributed by atoms with E-state index >= 15 is 0 Å². The van der Waals surface area contributed by atoms with Crippen LogP contribution in [0, 0.1) is 32.3 Å². The molecule has 0 atom stereocenters. The Hall–Kier alpha value is -1.65. The van der Waals surface area contributed by atoms with Crippen molar-refractivity contribution in [2.45, 2.75) is 40.7 Å². The van der Waals surface area contributed by atoms with Gasteiger partial charge in [-0.2, -0.15) is 5.26 Å². The number of nitriles is 1. The van der Waals surface area contributed by atoms with Gasteiger partial charge in [0.25, 0.3) is 5.91 Å². The summed E-state index contributed by atoms with van der Waals surface area (Å²) in [6, 6.07) is 5.66. The highest BCUT2D eigenvalue weighted by molar-refractivity contribution is 14.1. The van der Waals surface area contributed by atoms with E-state index in [1.165, 1.54) is 17.4 Å². The predicted molar refractivity (Wildman–Crippen MR) is 140 cm³/mol. The summed E-state index contributed by atoms with van der Waals surface area (Å²) in [5, 5.41) is 12.7. The Labute approximate surface area is 213 Å². The number of nitrogens with one attached hydrogen (secondary N) is 1. The van der Waals surface area contributed by atoms with E-state index in [0.717, 1.165) is 23.3 Å². The number of anilines is 1. The first kappa shape index (κ1) is 25.6. The number of benzene rings is 1. The normalized spacial score (nSPS) is 11.3. The van der Waals surface area contributed by atoms with Crippen LogP contribution in [0.2, 0.25) is 0 Å². The minimum absolute atomic E-state index is 0.0372. The summed E-state index contributed by atoms with van der Waals surface area (Å²) < 4.78 is 12.7. The summed E-state index contributed by atoms with van der Waals surface area (Å²) in [5.41, 5.74) is 1.73. The van der Waals surface area contributed by atoms with Gasteiger partial charge in [-0.3, -0.25) is 4.79 Å². The van der Waals surface area contributed by atoms with Crippen LogP contribution in [0.5, 0.6) is 5.75 Å². The van der Waals surface area contributed by atoms with Gasteiger partial charge in [0.2, 0.25) is 0 Å². The molecule has 0 spiro atoms. The SMILES string of the molecule is CCOC(=O)c1c(NC(=O)/C(C#N)=C/c2cc(I)c(OC(C)C)c(I)c2)sc(C)c1C. The number of amides is 1. The molecule has 164 valence electrons. The molecule has 0 aliphatic rings. The molecular formula is C22H22I2N2O4S. The van der Waals surface area contributed by atoms with Crippen LogP contribution in [-0.4, -0.2) is 24.6 Å². The number of carbonyl (C=O) groups excluding carboxylic acids is 2. The number of hydrogen-bond donors (Lipinski definition) is 1. The van der Waals surface area contributed by atoms with Crippen molar-refractivity contribution in [2.75, 3.05) is 11.9 Å². The number of halogens is 2. The van der Waals surface area contributed by atoms with Gasteiger partial charge in [0, 0.05) is 4.88 Å². The third-order valence-corrected chi connectivity index (χ3v) is 6.87. The van der Waals surface area contributed by atoms with E-state index in [0.29, 0.717) is 16.1 Å². The minimum atomic E-state index is -0.582. The van der Waals surface area contributed by atoms with Gasteiger partial charge in [-0.25, -0.2) is 4.79 Å². The molecule has 0 saturated carbocycles.